The van der Waals surface area contributed by atoms with Gasteiger partial charge in [-0.1, -0.05) is 6.07 Å². The fourth-order valence-electron chi connectivity index (χ4n) is 1.98. The summed E-state index contributed by atoms with van der Waals surface area (Å²) in [5.41, 5.74) is 2.50. The third-order valence-corrected chi connectivity index (χ3v) is 3.25. The maximum absolute atomic E-state index is 11.8. The summed E-state index contributed by atoms with van der Waals surface area (Å²) in [4.78, 5) is 16.2. The average Bonchev–Trinajstić information content (AvgIpc) is 2.79. The molecule has 0 bridgehead atoms. The van der Waals surface area contributed by atoms with Crippen LogP contribution in [-0.4, -0.2) is 24.5 Å². The van der Waals surface area contributed by atoms with E-state index in [0.29, 0.717) is 12.3 Å². The van der Waals surface area contributed by atoms with Crippen LogP contribution in [0, 0.1) is 13.8 Å². The Bertz CT molecular complexity index is 600. The van der Waals surface area contributed by atoms with Crippen LogP contribution >= 0.6 is 0 Å². The van der Waals surface area contributed by atoms with Gasteiger partial charge in [0.25, 0.3) is 0 Å². The molecule has 0 fully saturated rings. The third kappa shape index (κ3) is 4.16. The number of anilines is 1. The molecule has 1 heterocycles. The van der Waals surface area contributed by atoms with Crippen molar-refractivity contribution in [2.45, 2.75) is 26.7 Å². The number of hydrogen-bond acceptors (Lipinski definition) is 4. The van der Waals surface area contributed by atoms with Gasteiger partial charge in [-0.2, -0.15) is 0 Å². The van der Waals surface area contributed by atoms with Crippen molar-refractivity contribution >= 4 is 11.6 Å². The van der Waals surface area contributed by atoms with Gasteiger partial charge in [-0.3, -0.25) is 4.79 Å². The fraction of sp³-hybridized carbons (Fsp3) is 0.375. The Labute approximate surface area is 124 Å². The Hall–Kier alpha value is -2.14. The fourth-order valence-corrected chi connectivity index (χ4v) is 1.98. The van der Waals surface area contributed by atoms with Gasteiger partial charge in [-0.15, -0.1) is 0 Å². The molecule has 0 radical (unpaired) electrons. The second-order valence-corrected chi connectivity index (χ2v) is 5.00. The van der Waals surface area contributed by atoms with Crippen LogP contribution in [0.15, 0.2) is 28.7 Å². The number of aryl methyl sites for hydroxylation is 2. The van der Waals surface area contributed by atoms with Crippen LogP contribution < -0.4 is 10.6 Å². The molecule has 0 saturated heterocycles. The highest BCUT2D eigenvalue weighted by Gasteiger charge is 2.09. The zero-order valence-corrected chi connectivity index (χ0v) is 12.7. The van der Waals surface area contributed by atoms with Crippen LogP contribution in [-0.2, 0) is 4.79 Å². The Kier molecular flexibility index (Phi) is 5.11. The Balaban J connectivity index is 2.05. The summed E-state index contributed by atoms with van der Waals surface area (Å²) in [6.45, 7) is 4.64. The molecular formula is C16H21N3O2. The van der Waals surface area contributed by atoms with Gasteiger partial charge in [-0.25, -0.2) is 4.98 Å². The number of carbonyl (C=O) groups excluding carboxylic acids is 1. The Morgan fingerprint density at radius 1 is 1.33 bits per heavy atom. The number of benzene rings is 1. The predicted molar refractivity (Wildman–Crippen MR) is 83.2 cm³/mol. The van der Waals surface area contributed by atoms with Crippen molar-refractivity contribution in [3.63, 3.8) is 0 Å². The van der Waals surface area contributed by atoms with Gasteiger partial charge in [-0.05, 0) is 52.1 Å². The lowest BCUT2D eigenvalue weighted by atomic mass is 10.2. The van der Waals surface area contributed by atoms with Crippen LogP contribution in [0.4, 0.5) is 5.69 Å². The summed E-state index contributed by atoms with van der Waals surface area (Å²) < 4.78 is 5.61. The molecular weight excluding hydrogens is 266 g/mol. The first-order chi connectivity index (χ1) is 10.1. The van der Waals surface area contributed by atoms with Crippen molar-refractivity contribution < 1.29 is 9.21 Å². The summed E-state index contributed by atoms with van der Waals surface area (Å²) in [6, 6.07) is 7.54. The first-order valence-electron chi connectivity index (χ1n) is 7.09. The molecule has 0 saturated carbocycles. The third-order valence-electron chi connectivity index (χ3n) is 3.25. The standard InChI is InChI=1S/C16H21N3O2/c1-11-12(2)21-16(18-11)13-6-4-7-14(10-13)19-15(20)8-5-9-17-3/h4,6-7,10,17H,5,8-9H2,1-3H3,(H,19,20). The quantitative estimate of drug-likeness (QED) is 0.802. The Morgan fingerprint density at radius 2 is 2.14 bits per heavy atom. The van der Waals surface area contributed by atoms with Gasteiger partial charge in [0.15, 0.2) is 0 Å². The second-order valence-electron chi connectivity index (χ2n) is 5.00. The molecule has 2 N–H and O–H groups in total. The SMILES string of the molecule is CNCCCC(=O)Nc1cccc(-c2nc(C)c(C)o2)c1. The van der Waals surface area contributed by atoms with E-state index in [1.807, 2.05) is 45.2 Å². The van der Waals surface area contributed by atoms with Gasteiger partial charge in [0.2, 0.25) is 11.8 Å². The molecule has 0 atom stereocenters. The van der Waals surface area contributed by atoms with Crippen molar-refractivity contribution in [3.8, 4) is 11.5 Å². The summed E-state index contributed by atoms with van der Waals surface area (Å²) in [5.74, 6) is 1.41. The molecule has 0 aliphatic heterocycles. The molecule has 0 spiro atoms. The van der Waals surface area contributed by atoms with Crippen LogP contribution in [0.5, 0.6) is 0 Å². The minimum atomic E-state index is 0.0159. The minimum Gasteiger partial charge on any atom is -0.441 e. The predicted octanol–water partition coefficient (Wildman–Crippen LogP) is 2.90. The van der Waals surface area contributed by atoms with E-state index in [0.717, 1.165) is 35.7 Å². The maximum Gasteiger partial charge on any atom is 0.226 e. The zero-order chi connectivity index (χ0) is 15.2. The van der Waals surface area contributed by atoms with Crippen LogP contribution in [0.25, 0.3) is 11.5 Å². The van der Waals surface area contributed by atoms with E-state index in [1.54, 1.807) is 0 Å². The molecule has 112 valence electrons. The highest BCUT2D eigenvalue weighted by Crippen LogP contribution is 2.24. The van der Waals surface area contributed by atoms with E-state index in [9.17, 15) is 4.79 Å². The van der Waals surface area contributed by atoms with Gasteiger partial charge >= 0.3 is 0 Å². The lowest BCUT2D eigenvalue weighted by Crippen LogP contribution is -2.15. The molecule has 1 aromatic carbocycles. The molecule has 1 aromatic heterocycles. The highest BCUT2D eigenvalue weighted by molar-refractivity contribution is 5.91. The molecule has 5 nitrogen and oxygen atoms in total. The number of rotatable bonds is 6. The maximum atomic E-state index is 11.8. The van der Waals surface area contributed by atoms with E-state index < -0.39 is 0 Å². The smallest absolute Gasteiger partial charge is 0.226 e. The molecule has 0 aliphatic carbocycles. The molecule has 21 heavy (non-hydrogen) atoms. The average molecular weight is 287 g/mol. The van der Waals surface area contributed by atoms with E-state index >= 15 is 0 Å². The zero-order valence-electron chi connectivity index (χ0n) is 12.7. The van der Waals surface area contributed by atoms with Crippen LogP contribution in [0.3, 0.4) is 0 Å². The monoisotopic (exact) mass is 287 g/mol. The van der Waals surface area contributed by atoms with Crippen molar-refractivity contribution in [1.82, 2.24) is 10.3 Å². The molecule has 5 heteroatoms. The molecule has 0 unspecified atom stereocenters. The summed E-state index contributed by atoms with van der Waals surface area (Å²) in [7, 11) is 1.88. The van der Waals surface area contributed by atoms with Crippen LogP contribution in [0.1, 0.15) is 24.3 Å². The summed E-state index contributed by atoms with van der Waals surface area (Å²) in [5, 5.41) is 5.92. The summed E-state index contributed by atoms with van der Waals surface area (Å²) in [6.07, 6.45) is 1.32. The van der Waals surface area contributed by atoms with Crippen molar-refractivity contribution in [1.29, 1.82) is 0 Å². The number of hydrogen-bond donors (Lipinski definition) is 2. The summed E-state index contributed by atoms with van der Waals surface area (Å²) >= 11 is 0. The van der Waals surface area contributed by atoms with Gasteiger partial charge in [0.1, 0.15) is 5.76 Å². The van der Waals surface area contributed by atoms with E-state index in [-0.39, 0.29) is 5.91 Å². The Morgan fingerprint density at radius 3 is 2.81 bits per heavy atom. The molecule has 2 rings (SSSR count). The number of carbonyl (C=O) groups is 1. The number of nitrogens with zero attached hydrogens (tertiary/aromatic N) is 1. The highest BCUT2D eigenvalue weighted by atomic mass is 16.4. The lowest BCUT2D eigenvalue weighted by molar-refractivity contribution is -0.116. The van der Waals surface area contributed by atoms with E-state index in [4.69, 9.17) is 4.42 Å². The first-order valence-corrected chi connectivity index (χ1v) is 7.09. The number of amides is 1. The van der Waals surface area contributed by atoms with Crippen molar-refractivity contribution in [2.24, 2.45) is 0 Å². The van der Waals surface area contributed by atoms with Gasteiger partial charge in [0, 0.05) is 17.7 Å². The van der Waals surface area contributed by atoms with Gasteiger partial charge < -0.3 is 15.1 Å². The van der Waals surface area contributed by atoms with Crippen LogP contribution in [0.2, 0.25) is 0 Å². The van der Waals surface area contributed by atoms with E-state index in [1.165, 1.54) is 0 Å². The molecule has 2 aromatic rings. The largest absolute Gasteiger partial charge is 0.441 e. The number of oxazole rings is 1. The number of nitrogens with one attached hydrogen (secondary N) is 2. The number of aromatic nitrogens is 1. The topological polar surface area (TPSA) is 67.2 Å². The minimum absolute atomic E-state index is 0.0159. The normalized spacial score (nSPS) is 10.6. The molecule has 0 aliphatic rings. The van der Waals surface area contributed by atoms with Gasteiger partial charge in [0.05, 0.1) is 5.69 Å². The van der Waals surface area contributed by atoms with E-state index in [2.05, 4.69) is 15.6 Å². The van der Waals surface area contributed by atoms with Crippen molar-refractivity contribution in [2.75, 3.05) is 18.9 Å². The second kappa shape index (κ2) is 7.04. The lowest BCUT2D eigenvalue weighted by Gasteiger charge is -2.06. The van der Waals surface area contributed by atoms with Crippen molar-refractivity contribution in [3.05, 3.63) is 35.7 Å². The first kappa shape index (κ1) is 15.3. The molecule has 1 amide bonds.